The molecule has 0 aromatic heterocycles. The minimum atomic E-state index is -1.64. The second kappa shape index (κ2) is 6.68. The third kappa shape index (κ3) is 2.70. The van der Waals surface area contributed by atoms with Crippen LogP contribution in [0.3, 0.4) is 0 Å². The topological polar surface area (TPSA) is 134 Å². The molecule has 1 heterocycles. The molecule has 4 N–H and O–H groups in total. The lowest BCUT2D eigenvalue weighted by atomic mass is 9.83. The lowest BCUT2D eigenvalue weighted by molar-refractivity contribution is -0.268. The molecule has 8 heteroatoms. The molecule has 2 aromatic carbocycles. The molecule has 2 aliphatic rings. The highest BCUT2D eigenvalue weighted by molar-refractivity contribution is 6.29. The van der Waals surface area contributed by atoms with E-state index >= 15 is 0 Å². The van der Waals surface area contributed by atoms with Gasteiger partial charge < -0.3 is 29.9 Å². The fraction of sp³-hybridized carbons (Fsp3) is 0.300. The van der Waals surface area contributed by atoms with E-state index < -0.39 is 48.0 Å². The fourth-order valence-electron chi connectivity index (χ4n) is 3.49. The van der Waals surface area contributed by atoms with Gasteiger partial charge in [-0.3, -0.25) is 9.59 Å². The van der Waals surface area contributed by atoms with Crippen LogP contribution >= 0.6 is 0 Å². The smallest absolute Gasteiger partial charge is 0.229 e. The van der Waals surface area contributed by atoms with Gasteiger partial charge in [-0.1, -0.05) is 24.3 Å². The average Bonchev–Trinajstić information content (AvgIpc) is 2.69. The molecule has 4 rings (SSSR count). The molecule has 0 spiro atoms. The molecule has 146 valence electrons. The van der Waals surface area contributed by atoms with Gasteiger partial charge in [-0.15, -0.1) is 0 Å². The number of aliphatic hydroxyl groups is 3. The first-order valence-electron chi connectivity index (χ1n) is 8.72. The predicted octanol–water partition coefficient (Wildman–Crippen LogP) is 0.374. The van der Waals surface area contributed by atoms with Gasteiger partial charge in [0.05, 0.1) is 11.7 Å². The number of fused-ring (bicyclic) bond motifs is 2. The maximum atomic E-state index is 13.0. The van der Waals surface area contributed by atoms with E-state index in [2.05, 4.69) is 0 Å². The predicted molar refractivity (Wildman–Crippen MR) is 94.4 cm³/mol. The number of phenolic OH excluding ortho intramolecular Hbond substituents is 1. The molecule has 1 fully saturated rings. The number of ether oxygens (including phenoxy) is 2. The Kier molecular flexibility index (Phi) is 4.43. The van der Waals surface area contributed by atoms with Gasteiger partial charge in [-0.2, -0.15) is 0 Å². The van der Waals surface area contributed by atoms with Gasteiger partial charge in [-0.25, -0.2) is 0 Å². The first-order chi connectivity index (χ1) is 13.3. The van der Waals surface area contributed by atoms with Crippen LogP contribution in [0, 0.1) is 0 Å². The molecule has 0 saturated carbocycles. The highest BCUT2D eigenvalue weighted by Gasteiger charge is 2.44. The summed E-state index contributed by atoms with van der Waals surface area (Å²) in [4.78, 5) is 25.8. The number of hydrogen-bond acceptors (Lipinski definition) is 8. The number of aromatic hydroxyl groups is 1. The van der Waals surface area contributed by atoms with E-state index in [1.165, 1.54) is 25.1 Å². The minimum absolute atomic E-state index is 0.0513. The standard InChI is InChI=1S/C20H18O8/c1-8-14(22)17(25)18(26)20(27-8)28-19-12(21)7-6-11-13(19)16(24)10-5-3-2-4-9(10)15(11)23/h2-8,14,17-18,20-22,25-26H,1H3/t8-,14+,17+,18-,20?/m1/s1. The van der Waals surface area contributed by atoms with Crippen LogP contribution in [0.15, 0.2) is 36.4 Å². The van der Waals surface area contributed by atoms with Crippen LogP contribution in [0.2, 0.25) is 0 Å². The second-order valence-corrected chi connectivity index (χ2v) is 6.84. The highest BCUT2D eigenvalue weighted by Crippen LogP contribution is 2.40. The van der Waals surface area contributed by atoms with Crippen LogP contribution in [0.1, 0.15) is 38.8 Å². The normalized spacial score (nSPS) is 29.2. The van der Waals surface area contributed by atoms with Crippen molar-refractivity contribution in [2.75, 3.05) is 0 Å². The van der Waals surface area contributed by atoms with Gasteiger partial charge in [0, 0.05) is 16.7 Å². The summed E-state index contributed by atoms with van der Waals surface area (Å²) in [5.74, 6) is -1.67. The number of rotatable bonds is 2. The number of aliphatic hydroxyl groups excluding tert-OH is 3. The summed E-state index contributed by atoms with van der Waals surface area (Å²) in [6.45, 7) is 1.47. The molecule has 1 aliphatic heterocycles. The van der Waals surface area contributed by atoms with Crippen LogP contribution in [0.4, 0.5) is 0 Å². The molecule has 2 aromatic rings. The zero-order chi connectivity index (χ0) is 20.2. The van der Waals surface area contributed by atoms with Gasteiger partial charge in [0.15, 0.2) is 23.1 Å². The third-order valence-electron chi connectivity index (χ3n) is 5.07. The zero-order valence-corrected chi connectivity index (χ0v) is 14.8. The van der Waals surface area contributed by atoms with Crippen LogP contribution in [-0.2, 0) is 4.74 Å². The summed E-state index contributed by atoms with van der Waals surface area (Å²) in [6, 6.07) is 8.84. The quantitative estimate of drug-likeness (QED) is 0.497. The summed E-state index contributed by atoms with van der Waals surface area (Å²) in [7, 11) is 0. The SMILES string of the molecule is C[C@H]1OC(Oc2c(O)ccc3c2C(=O)c2ccccc2C3=O)[C@H](O)[C@@H](O)[C@H]1O. The molecule has 1 saturated heterocycles. The van der Waals surface area contributed by atoms with Crippen molar-refractivity contribution >= 4 is 11.6 Å². The van der Waals surface area contributed by atoms with Crippen molar-refractivity contribution in [2.45, 2.75) is 37.6 Å². The molecule has 0 radical (unpaired) electrons. The number of hydrogen-bond donors (Lipinski definition) is 4. The van der Waals surface area contributed by atoms with Crippen molar-refractivity contribution in [3.05, 3.63) is 58.7 Å². The van der Waals surface area contributed by atoms with E-state index in [0.717, 1.165) is 0 Å². The number of carbonyl (C=O) groups excluding carboxylic acids is 2. The van der Waals surface area contributed by atoms with Crippen molar-refractivity contribution < 1.29 is 39.5 Å². The molecule has 1 unspecified atom stereocenters. The van der Waals surface area contributed by atoms with Crippen LogP contribution in [-0.4, -0.2) is 62.7 Å². The Morgan fingerprint density at radius 1 is 0.857 bits per heavy atom. The third-order valence-corrected chi connectivity index (χ3v) is 5.07. The van der Waals surface area contributed by atoms with Gasteiger partial charge in [0.1, 0.15) is 18.3 Å². The number of ketones is 2. The van der Waals surface area contributed by atoms with Gasteiger partial charge in [0.2, 0.25) is 6.29 Å². The molecule has 1 aliphatic carbocycles. The Morgan fingerprint density at radius 2 is 1.50 bits per heavy atom. The Bertz CT molecular complexity index is 969. The molecule has 28 heavy (non-hydrogen) atoms. The summed E-state index contributed by atoms with van der Waals surface area (Å²) >= 11 is 0. The van der Waals surface area contributed by atoms with Gasteiger partial charge in [0.25, 0.3) is 0 Å². The number of benzene rings is 2. The molecule has 0 bridgehead atoms. The van der Waals surface area contributed by atoms with Crippen molar-refractivity contribution in [3.8, 4) is 11.5 Å². The first kappa shape index (κ1) is 18.6. The molecule has 8 nitrogen and oxygen atoms in total. The number of phenols is 1. The molecule has 5 atom stereocenters. The van der Waals surface area contributed by atoms with E-state index in [1.54, 1.807) is 18.2 Å². The Labute approximate surface area is 159 Å². The van der Waals surface area contributed by atoms with E-state index in [4.69, 9.17) is 9.47 Å². The van der Waals surface area contributed by atoms with E-state index in [-0.39, 0.29) is 28.0 Å². The Morgan fingerprint density at radius 3 is 2.18 bits per heavy atom. The van der Waals surface area contributed by atoms with E-state index in [9.17, 15) is 30.0 Å². The summed E-state index contributed by atoms with van der Waals surface area (Å²) in [5.41, 5.74) is 0.324. The average molecular weight is 386 g/mol. The monoisotopic (exact) mass is 386 g/mol. The van der Waals surface area contributed by atoms with Gasteiger partial charge in [-0.05, 0) is 19.1 Å². The second-order valence-electron chi connectivity index (χ2n) is 6.84. The highest BCUT2D eigenvalue weighted by atomic mass is 16.7. The number of carbonyl (C=O) groups is 2. The van der Waals surface area contributed by atoms with Crippen LogP contribution in [0.5, 0.6) is 11.5 Å². The maximum Gasteiger partial charge on any atom is 0.229 e. The Hall–Kier alpha value is -2.78. The van der Waals surface area contributed by atoms with Crippen LogP contribution < -0.4 is 4.74 Å². The Balaban J connectivity index is 1.78. The largest absolute Gasteiger partial charge is 0.504 e. The van der Waals surface area contributed by atoms with Crippen molar-refractivity contribution in [1.29, 1.82) is 0 Å². The summed E-state index contributed by atoms with van der Waals surface area (Å²) < 4.78 is 10.9. The fourth-order valence-corrected chi connectivity index (χ4v) is 3.49. The zero-order valence-electron chi connectivity index (χ0n) is 14.8. The first-order valence-corrected chi connectivity index (χ1v) is 8.72. The molecular formula is C20H18O8. The summed E-state index contributed by atoms with van der Waals surface area (Å²) in [5, 5.41) is 40.2. The molecule has 0 amide bonds. The summed E-state index contributed by atoms with van der Waals surface area (Å²) in [6.07, 6.45) is -6.85. The lowest BCUT2D eigenvalue weighted by Crippen LogP contribution is -2.58. The molecular weight excluding hydrogens is 368 g/mol. The lowest BCUT2D eigenvalue weighted by Gasteiger charge is -2.39. The van der Waals surface area contributed by atoms with Crippen molar-refractivity contribution in [3.63, 3.8) is 0 Å². The van der Waals surface area contributed by atoms with Crippen molar-refractivity contribution in [2.24, 2.45) is 0 Å². The van der Waals surface area contributed by atoms with Crippen molar-refractivity contribution in [1.82, 2.24) is 0 Å². The maximum absolute atomic E-state index is 13.0. The minimum Gasteiger partial charge on any atom is -0.504 e. The van der Waals surface area contributed by atoms with E-state index in [0.29, 0.717) is 0 Å². The van der Waals surface area contributed by atoms with E-state index in [1.807, 2.05) is 0 Å². The van der Waals surface area contributed by atoms with Gasteiger partial charge >= 0.3 is 0 Å². The van der Waals surface area contributed by atoms with Crippen LogP contribution in [0.25, 0.3) is 0 Å².